The number of halogens is 1. The van der Waals surface area contributed by atoms with Crippen molar-refractivity contribution in [1.29, 1.82) is 0 Å². The van der Waals surface area contributed by atoms with E-state index in [4.69, 9.17) is 11.6 Å². The maximum Gasteiger partial charge on any atom is 0.252 e. The molecule has 0 saturated carbocycles. The zero-order valence-electron chi connectivity index (χ0n) is 12.1. The lowest BCUT2D eigenvalue weighted by Gasteiger charge is -2.16. The Morgan fingerprint density at radius 1 is 1.19 bits per heavy atom. The first-order valence-electron chi connectivity index (χ1n) is 6.79. The van der Waals surface area contributed by atoms with Crippen LogP contribution in [0.1, 0.15) is 22.8 Å². The molecule has 21 heavy (non-hydrogen) atoms. The van der Waals surface area contributed by atoms with Gasteiger partial charge in [0.2, 0.25) is 0 Å². The van der Waals surface area contributed by atoms with Crippen LogP contribution in [0.4, 0.5) is 0 Å². The lowest BCUT2D eigenvalue weighted by Crippen LogP contribution is -2.34. The zero-order chi connectivity index (χ0) is 15.2. The number of carbonyl (C=O) groups excluding carboxylic acids is 1. The summed E-state index contributed by atoms with van der Waals surface area (Å²) in [6.45, 7) is 1.99. The van der Waals surface area contributed by atoms with Crippen LogP contribution in [0.2, 0.25) is 5.02 Å². The largest absolute Gasteiger partial charge is 0.349 e. The highest BCUT2D eigenvalue weighted by Gasteiger charge is 2.14. The maximum absolute atomic E-state index is 12.4. The summed E-state index contributed by atoms with van der Waals surface area (Å²) in [5.41, 5.74) is 1.76. The quantitative estimate of drug-likeness (QED) is 0.826. The van der Waals surface area contributed by atoms with Crippen molar-refractivity contribution in [1.82, 2.24) is 5.32 Å². The number of nitrogens with one attached hydrogen (secondary N) is 1. The van der Waals surface area contributed by atoms with Gasteiger partial charge in [0, 0.05) is 16.0 Å². The molecule has 0 heterocycles. The van der Waals surface area contributed by atoms with Crippen LogP contribution in [0.3, 0.4) is 0 Å². The predicted molar refractivity (Wildman–Crippen MR) is 90.3 cm³/mol. The minimum atomic E-state index is -0.0421. The van der Waals surface area contributed by atoms with Gasteiger partial charge in [-0.2, -0.15) is 0 Å². The van der Waals surface area contributed by atoms with Gasteiger partial charge in [0.05, 0.1) is 5.56 Å². The Bertz CT molecular complexity index is 630. The van der Waals surface area contributed by atoms with E-state index in [1.807, 2.05) is 61.7 Å². The summed E-state index contributed by atoms with van der Waals surface area (Å²) in [4.78, 5) is 13.3. The Kier molecular flexibility index (Phi) is 5.71. The summed E-state index contributed by atoms with van der Waals surface area (Å²) < 4.78 is 0. The Labute approximate surface area is 134 Å². The summed E-state index contributed by atoms with van der Waals surface area (Å²) in [5, 5.41) is 3.77. The van der Waals surface area contributed by atoms with Crippen LogP contribution in [0, 0.1) is 0 Å². The summed E-state index contributed by atoms with van der Waals surface area (Å²) in [6, 6.07) is 15.4. The molecule has 0 aliphatic heterocycles. The number of carbonyl (C=O) groups is 1. The number of hydrogen-bond donors (Lipinski definition) is 1. The van der Waals surface area contributed by atoms with E-state index in [1.54, 1.807) is 11.8 Å². The van der Waals surface area contributed by atoms with Gasteiger partial charge in [0.25, 0.3) is 5.91 Å². The van der Waals surface area contributed by atoms with Crippen molar-refractivity contribution < 1.29 is 4.79 Å². The van der Waals surface area contributed by atoms with Crippen LogP contribution in [0.5, 0.6) is 0 Å². The topological polar surface area (TPSA) is 29.1 Å². The molecule has 0 spiro atoms. The predicted octanol–water partition coefficient (Wildman–Crippen LogP) is 4.42. The number of thioether (sulfide) groups is 1. The van der Waals surface area contributed by atoms with Gasteiger partial charge in [0.1, 0.15) is 0 Å². The zero-order valence-corrected chi connectivity index (χ0v) is 13.7. The molecule has 2 nitrogen and oxygen atoms in total. The molecule has 0 aliphatic rings. The average molecular weight is 320 g/mol. The van der Waals surface area contributed by atoms with E-state index in [9.17, 15) is 4.79 Å². The maximum atomic E-state index is 12.4. The Morgan fingerprint density at radius 3 is 2.57 bits per heavy atom. The fourth-order valence-corrected chi connectivity index (χ4v) is 2.99. The second kappa shape index (κ2) is 7.53. The molecule has 4 heteroatoms. The molecule has 2 rings (SSSR count). The van der Waals surface area contributed by atoms with Gasteiger partial charge in [0.15, 0.2) is 0 Å². The van der Waals surface area contributed by atoms with E-state index >= 15 is 0 Å². The Balaban J connectivity index is 2.04. The second-order valence-electron chi connectivity index (χ2n) is 4.87. The molecule has 0 aliphatic carbocycles. The molecule has 0 saturated heterocycles. The average Bonchev–Trinajstić information content (AvgIpc) is 2.49. The van der Waals surface area contributed by atoms with E-state index in [2.05, 4.69) is 5.32 Å². The van der Waals surface area contributed by atoms with Gasteiger partial charge in [-0.3, -0.25) is 4.79 Å². The standard InChI is InChI=1S/C17H18ClNOS/c1-12(11-13-7-3-5-9-15(13)18)19-17(20)14-8-4-6-10-16(14)21-2/h3-10,12H,11H2,1-2H3,(H,19,20)/t12-/m1/s1. The van der Waals surface area contributed by atoms with Gasteiger partial charge in [-0.1, -0.05) is 41.9 Å². The van der Waals surface area contributed by atoms with Gasteiger partial charge in [-0.15, -0.1) is 11.8 Å². The molecule has 0 bridgehead atoms. The molecule has 2 aromatic carbocycles. The molecular weight excluding hydrogens is 302 g/mol. The van der Waals surface area contributed by atoms with Crippen molar-refractivity contribution in [3.05, 3.63) is 64.7 Å². The van der Waals surface area contributed by atoms with Crippen LogP contribution >= 0.6 is 23.4 Å². The van der Waals surface area contributed by atoms with Gasteiger partial charge in [-0.25, -0.2) is 0 Å². The number of hydrogen-bond acceptors (Lipinski definition) is 2. The van der Waals surface area contributed by atoms with Gasteiger partial charge in [-0.05, 0) is 43.4 Å². The first kappa shape index (κ1) is 15.9. The minimum Gasteiger partial charge on any atom is -0.349 e. The fraction of sp³-hybridized carbons (Fsp3) is 0.235. The molecule has 0 fully saturated rings. The highest BCUT2D eigenvalue weighted by atomic mass is 35.5. The summed E-state index contributed by atoms with van der Waals surface area (Å²) in [7, 11) is 0. The number of rotatable bonds is 5. The highest BCUT2D eigenvalue weighted by molar-refractivity contribution is 7.98. The van der Waals surface area contributed by atoms with E-state index < -0.39 is 0 Å². The van der Waals surface area contributed by atoms with Crippen LogP contribution in [0.25, 0.3) is 0 Å². The number of benzene rings is 2. The van der Waals surface area contributed by atoms with Gasteiger partial charge < -0.3 is 5.32 Å². The van der Waals surface area contributed by atoms with E-state index in [-0.39, 0.29) is 11.9 Å². The monoisotopic (exact) mass is 319 g/mol. The molecule has 1 N–H and O–H groups in total. The van der Waals surface area contributed by atoms with E-state index in [1.165, 1.54) is 0 Å². The first-order valence-corrected chi connectivity index (χ1v) is 8.39. The molecule has 0 unspecified atom stereocenters. The Morgan fingerprint density at radius 2 is 1.86 bits per heavy atom. The van der Waals surface area contributed by atoms with Crippen LogP contribution < -0.4 is 5.32 Å². The molecule has 1 atom stereocenters. The summed E-state index contributed by atoms with van der Waals surface area (Å²) >= 11 is 7.73. The van der Waals surface area contributed by atoms with Crippen molar-refractivity contribution >= 4 is 29.3 Å². The molecule has 2 aromatic rings. The second-order valence-corrected chi connectivity index (χ2v) is 6.13. The van der Waals surface area contributed by atoms with E-state index in [0.717, 1.165) is 21.0 Å². The summed E-state index contributed by atoms with van der Waals surface area (Å²) in [5.74, 6) is -0.0421. The van der Waals surface area contributed by atoms with Crippen molar-refractivity contribution in [2.24, 2.45) is 0 Å². The SMILES string of the molecule is CSc1ccccc1C(=O)N[C@H](C)Cc1ccccc1Cl. The van der Waals surface area contributed by atoms with Crippen LogP contribution in [-0.2, 0) is 6.42 Å². The van der Waals surface area contributed by atoms with Crippen molar-refractivity contribution in [3.63, 3.8) is 0 Å². The smallest absolute Gasteiger partial charge is 0.252 e. The molecular formula is C17H18ClNOS. The van der Waals surface area contributed by atoms with Crippen LogP contribution in [0.15, 0.2) is 53.4 Å². The lowest BCUT2D eigenvalue weighted by molar-refractivity contribution is 0.0937. The third-order valence-corrected chi connectivity index (χ3v) is 4.38. The molecule has 0 aromatic heterocycles. The number of amides is 1. The molecule has 0 radical (unpaired) electrons. The van der Waals surface area contributed by atoms with Crippen LogP contribution in [-0.4, -0.2) is 18.2 Å². The molecule has 110 valence electrons. The van der Waals surface area contributed by atoms with Crippen molar-refractivity contribution in [2.45, 2.75) is 24.3 Å². The fourth-order valence-electron chi connectivity index (χ4n) is 2.18. The van der Waals surface area contributed by atoms with Crippen molar-refractivity contribution in [2.75, 3.05) is 6.26 Å². The Hall–Kier alpha value is -1.45. The lowest BCUT2D eigenvalue weighted by atomic mass is 10.1. The van der Waals surface area contributed by atoms with Gasteiger partial charge >= 0.3 is 0 Å². The normalized spacial score (nSPS) is 12.0. The van der Waals surface area contributed by atoms with Crippen molar-refractivity contribution in [3.8, 4) is 0 Å². The minimum absolute atomic E-state index is 0.0207. The first-order chi connectivity index (χ1) is 10.1. The molecule has 1 amide bonds. The summed E-state index contributed by atoms with van der Waals surface area (Å²) in [6.07, 6.45) is 2.69. The third kappa shape index (κ3) is 4.26. The third-order valence-electron chi connectivity index (χ3n) is 3.21. The van der Waals surface area contributed by atoms with E-state index in [0.29, 0.717) is 6.42 Å². The highest BCUT2D eigenvalue weighted by Crippen LogP contribution is 2.20.